The van der Waals surface area contributed by atoms with Gasteiger partial charge in [0.25, 0.3) is 0 Å². The van der Waals surface area contributed by atoms with Gasteiger partial charge in [-0.25, -0.2) is 0 Å². The number of rotatable bonds is 2. The second kappa shape index (κ2) is 4.55. The Balaban J connectivity index is 0.00000112. The van der Waals surface area contributed by atoms with Gasteiger partial charge in [-0.1, -0.05) is 6.07 Å². The maximum Gasteiger partial charge on any atom is 0.305 e. The Morgan fingerprint density at radius 3 is 2.67 bits per heavy atom. The molecule has 2 rings (SSSR count). The van der Waals surface area contributed by atoms with Gasteiger partial charge in [0.05, 0.1) is 4.92 Å². The average molecular weight is 233 g/mol. The molecule has 1 saturated heterocycles. The highest BCUT2D eigenvalue weighted by Crippen LogP contribution is 2.27. The van der Waals surface area contributed by atoms with Gasteiger partial charge in [0.1, 0.15) is 0 Å². The quantitative estimate of drug-likeness (QED) is 0.628. The summed E-state index contributed by atoms with van der Waals surface area (Å²) in [6.45, 7) is 0.913. The number of benzene rings is 1. The predicted molar refractivity (Wildman–Crippen MR) is 55.7 cm³/mol. The summed E-state index contributed by atoms with van der Waals surface area (Å²) in [7, 11) is 0. The van der Waals surface area contributed by atoms with Gasteiger partial charge in [0.15, 0.2) is 0 Å². The van der Waals surface area contributed by atoms with Crippen LogP contribution < -0.4 is 5.32 Å². The van der Waals surface area contributed by atoms with Crippen molar-refractivity contribution < 1.29 is 9.31 Å². The molecule has 15 heavy (non-hydrogen) atoms. The molecular weight excluding hydrogens is 223 g/mol. The number of nitrogens with one attached hydrogen (secondary N) is 1. The van der Waals surface area contributed by atoms with Crippen LogP contribution in [0, 0.1) is 15.9 Å². The highest BCUT2D eigenvalue weighted by molar-refractivity contribution is 5.85. The van der Waals surface area contributed by atoms with Gasteiger partial charge in [0.2, 0.25) is 5.82 Å². The van der Waals surface area contributed by atoms with Gasteiger partial charge >= 0.3 is 5.69 Å². The number of hydrogen-bond donors (Lipinski definition) is 1. The van der Waals surface area contributed by atoms with Crippen LogP contribution in [0.4, 0.5) is 10.1 Å². The Kier molecular flexibility index (Phi) is 3.60. The smallest absolute Gasteiger partial charge is 0.305 e. The van der Waals surface area contributed by atoms with Crippen LogP contribution in [-0.4, -0.2) is 11.5 Å². The van der Waals surface area contributed by atoms with Gasteiger partial charge < -0.3 is 5.32 Å². The number of nitro groups is 1. The maximum atomic E-state index is 12.9. The summed E-state index contributed by atoms with van der Waals surface area (Å²) in [6.07, 6.45) is 0.947. The molecule has 1 fully saturated rings. The summed E-state index contributed by atoms with van der Waals surface area (Å²) in [5.41, 5.74) is 0.334. The van der Waals surface area contributed by atoms with E-state index in [9.17, 15) is 14.5 Å². The van der Waals surface area contributed by atoms with E-state index in [4.69, 9.17) is 0 Å². The van der Waals surface area contributed by atoms with Gasteiger partial charge in [-0.2, -0.15) is 4.39 Å². The number of hydrogen-bond acceptors (Lipinski definition) is 3. The van der Waals surface area contributed by atoms with Crippen molar-refractivity contribution in [2.24, 2.45) is 0 Å². The molecule has 1 heterocycles. The van der Waals surface area contributed by atoms with Crippen molar-refractivity contribution >= 4 is 18.1 Å². The fourth-order valence-electron chi connectivity index (χ4n) is 1.46. The second-order valence-corrected chi connectivity index (χ2v) is 3.26. The standard InChI is InChI=1S/C9H9FN2O2.ClH/c10-7-2-1-6(8-3-4-11-8)5-9(7)12(13)14;/h1-2,5,8,11H,3-4H2;1H/t8-;/m0./s1. The minimum absolute atomic E-state index is 0. The van der Waals surface area contributed by atoms with E-state index in [1.165, 1.54) is 6.07 Å². The molecular formula is C9H10ClFN2O2. The topological polar surface area (TPSA) is 55.2 Å². The minimum Gasteiger partial charge on any atom is -0.310 e. The Hall–Kier alpha value is -1.20. The van der Waals surface area contributed by atoms with Crippen molar-refractivity contribution in [3.05, 3.63) is 39.7 Å². The third-order valence-corrected chi connectivity index (χ3v) is 2.39. The predicted octanol–water partition coefficient (Wildman–Crippen LogP) is 2.19. The highest BCUT2D eigenvalue weighted by Gasteiger charge is 2.22. The van der Waals surface area contributed by atoms with Crippen molar-refractivity contribution in [2.75, 3.05) is 6.54 Å². The van der Waals surface area contributed by atoms with Gasteiger partial charge in [-0.15, -0.1) is 12.4 Å². The summed E-state index contributed by atoms with van der Waals surface area (Å²) < 4.78 is 12.9. The molecule has 0 saturated carbocycles. The Morgan fingerprint density at radius 2 is 2.20 bits per heavy atom. The Bertz CT molecular complexity index is 382. The lowest BCUT2D eigenvalue weighted by Gasteiger charge is -2.27. The monoisotopic (exact) mass is 232 g/mol. The zero-order valence-electron chi connectivity index (χ0n) is 7.77. The van der Waals surface area contributed by atoms with Crippen LogP contribution in [0.15, 0.2) is 18.2 Å². The average Bonchev–Trinajstić information content (AvgIpc) is 2.04. The normalized spacial score (nSPS) is 18.9. The number of halogens is 2. The van der Waals surface area contributed by atoms with Crippen LogP contribution in [0.1, 0.15) is 18.0 Å². The Morgan fingerprint density at radius 1 is 1.53 bits per heavy atom. The molecule has 0 aliphatic carbocycles. The van der Waals surface area contributed by atoms with Crippen molar-refractivity contribution in [1.29, 1.82) is 0 Å². The summed E-state index contributed by atoms with van der Waals surface area (Å²) in [5, 5.41) is 13.6. The molecule has 1 aliphatic heterocycles. The van der Waals surface area contributed by atoms with Crippen molar-refractivity contribution in [1.82, 2.24) is 5.32 Å². The van der Waals surface area contributed by atoms with E-state index < -0.39 is 16.4 Å². The zero-order chi connectivity index (χ0) is 10.1. The largest absolute Gasteiger partial charge is 0.310 e. The SMILES string of the molecule is Cl.O=[N+]([O-])c1cc([C@@H]2CCN2)ccc1F. The fraction of sp³-hybridized carbons (Fsp3) is 0.333. The van der Waals surface area contributed by atoms with Crippen LogP contribution >= 0.6 is 12.4 Å². The molecule has 1 aliphatic rings. The first-order valence-corrected chi connectivity index (χ1v) is 4.35. The lowest BCUT2D eigenvalue weighted by molar-refractivity contribution is -0.387. The third-order valence-electron chi connectivity index (χ3n) is 2.39. The van der Waals surface area contributed by atoms with Crippen LogP contribution in [0.2, 0.25) is 0 Å². The molecule has 0 bridgehead atoms. The summed E-state index contributed by atoms with van der Waals surface area (Å²) >= 11 is 0. The van der Waals surface area contributed by atoms with Crippen molar-refractivity contribution in [3.8, 4) is 0 Å². The second-order valence-electron chi connectivity index (χ2n) is 3.26. The lowest BCUT2D eigenvalue weighted by atomic mass is 9.97. The van der Waals surface area contributed by atoms with E-state index in [1.807, 2.05) is 0 Å². The Labute approximate surface area is 92.0 Å². The molecule has 0 aromatic heterocycles. The van der Waals surface area contributed by atoms with E-state index >= 15 is 0 Å². The molecule has 0 unspecified atom stereocenters. The van der Waals surface area contributed by atoms with Gasteiger partial charge in [-0.3, -0.25) is 10.1 Å². The summed E-state index contributed by atoms with van der Waals surface area (Å²) in [6, 6.07) is 4.17. The van der Waals surface area contributed by atoms with Crippen LogP contribution in [0.3, 0.4) is 0 Å². The molecule has 1 atom stereocenters. The van der Waals surface area contributed by atoms with Crippen LogP contribution in [0.5, 0.6) is 0 Å². The molecule has 82 valence electrons. The van der Waals surface area contributed by atoms with Crippen LogP contribution in [0.25, 0.3) is 0 Å². The first-order chi connectivity index (χ1) is 6.68. The lowest BCUT2D eigenvalue weighted by Crippen LogP contribution is -2.34. The molecule has 0 radical (unpaired) electrons. The maximum absolute atomic E-state index is 12.9. The first kappa shape index (κ1) is 11.9. The fourth-order valence-corrected chi connectivity index (χ4v) is 1.46. The van der Waals surface area contributed by atoms with Crippen LogP contribution in [-0.2, 0) is 0 Å². The van der Waals surface area contributed by atoms with E-state index in [2.05, 4.69) is 5.32 Å². The number of nitrogens with zero attached hydrogens (tertiary/aromatic N) is 1. The first-order valence-electron chi connectivity index (χ1n) is 4.35. The molecule has 1 aromatic rings. The molecule has 6 heteroatoms. The number of nitro benzene ring substituents is 1. The van der Waals surface area contributed by atoms with Crippen molar-refractivity contribution in [2.45, 2.75) is 12.5 Å². The van der Waals surface area contributed by atoms with E-state index in [-0.39, 0.29) is 18.4 Å². The molecule has 4 nitrogen and oxygen atoms in total. The zero-order valence-corrected chi connectivity index (χ0v) is 8.59. The van der Waals surface area contributed by atoms with Gasteiger partial charge in [-0.05, 0) is 24.6 Å². The van der Waals surface area contributed by atoms with E-state index in [0.717, 1.165) is 24.6 Å². The third kappa shape index (κ3) is 2.24. The summed E-state index contributed by atoms with van der Waals surface area (Å²) in [5.74, 6) is -0.780. The summed E-state index contributed by atoms with van der Waals surface area (Å²) in [4.78, 5) is 9.75. The van der Waals surface area contributed by atoms with E-state index in [1.54, 1.807) is 6.07 Å². The molecule has 0 amide bonds. The van der Waals surface area contributed by atoms with Crippen molar-refractivity contribution in [3.63, 3.8) is 0 Å². The van der Waals surface area contributed by atoms with E-state index in [0.29, 0.717) is 0 Å². The minimum atomic E-state index is -0.780. The molecule has 1 N–H and O–H groups in total. The van der Waals surface area contributed by atoms with Gasteiger partial charge in [0, 0.05) is 12.1 Å². The highest BCUT2D eigenvalue weighted by atomic mass is 35.5. The molecule has 1 aromatic carbocycles. The molecule has 0 spiro atoms.